The Kier molecular flexibility index (Phi) is 8.63. The Morgan fingerprint density at radius 3 is 2.68 bits per heavy atom. The van der Waals surface area contributed by atoms with Gasteiger partial charge in [0.1, 0.15) is 0 Å². The number of hydrogen-bond donors (Lipinski definition) is 3. The van der Waals surface area contributed by atoms with Gasteiger partial charge >= 0.3 is 0 Å². The van der Waals surface area contributed by atoms with Crippen molar-refractivity contribution in [1.82, 2.24) is 4.98 Å². The number of unbranched alkanes of at least 4 members (excludes halogenated alkanes) is 1. The molecule has 0 bridgehead atoms. The summed E-state index contributed by atoms with van der Waals surface area (Å²) in [5.41, 5.74) is 9.17. The molecule has 0 radical (unpaired) electrons. The number of benzene rings is 1. The Morgan fingerprint density at radius 1 is 1.16 bits per heavy atom. The van der Waals surface area contributed by atoms with Gasteiger partial charge in [0.05, 0.1) is 12.3 Å². The monoisotopic (exact) mass is 359 g/mol. The maximum absolute atomic E-state index is 5.99. The normalized spacial score (nSPS) is 12.0. The second-order valence-corrected chi connectivity index (χ2v) is 6.53. The fraction of sp³-hybridized carbons (Fsp3) is 0.450. The topological polar surface area (TPSA) is 60.2 Å². The van der Waals surface area contributed by atoms with E-state index >= 15 is 0 Å². The van der Waals surface area contributed by atoms with Crippen molar-refractivity contribution in [3.8, 4) is 5.88 Å². The van der Waals surface area contributed by atoms with Crippen molar-refractivity contribution < 1.29 is 4.74 Å². The quantitative estimate of drug-likeness (QED) is 0.535. The van der Waals surface area contributed by atoms with Crippen LogP contribution in [-0.2, 0) is 12.8 Å². The highest BCUT2D eigenvalue weighted by molar-refractivity contribution is 7.80. The van der Waals surface area contributed by atoms with Gasteiger partial charge < -0.3 is 15.8 Å². The van der Waals surface area contributed by atoms with Crippen molar-refractivity contribution in [2.24, 2.45) is 5.73 Å². The maximum Gasteiger partial charge on any atom is 0.237 e. The first-order chi connectivity index (χ1) is 12.2. The number of nitrogens with zero attached hydrogens (tertiary/aromatic N) is 1. The summed E-state index contributed by atoms with van der Waals surface area (Å²) in [7, 11) is 0. The minimum Gasteiger partial charge on any atom is -0.476 e. The zero-order valence-electron chi connectivity index (χ0n) is 14.9. The molecule has 0 fully saturated rings. The fourth-order valence-electron chi connectivity index (χ4n) is 2.44. The van der Waals surface area contributed by atoms with Gasteiger partial charge in [0.15, 0.2) is 0 Å². The number of nitrogens with two attached hydrogens (primary N) is 1. The van der Waals surface area contributed by atoms with Gasteiger partial charge in [-0.3, -0.25) is 0 Å². The molecule has 136 valence electrons. The first-order valence-electron chi connectivity index (χ1n) is 9.00. The molecule has 2 aromatic rings. The average molecular weight is 360 g/mol. The fourth-order valence-corrected chi connectivity index (χ4v) is 2.57. The number of rotatable bonds is 11. The Hall–Kier alpha value is -1.72. The summed E-state index contributed by atoms with van der Waals surface area (Å²) in [6, 6.07) is 14.4. The Bertz CT molecular complexity index is 622. The molecule has 0 amide bonds. The third-order valence-corrected chi connectivity index (χ3v) is 4.43. The zero-order chi connectivity index (χ0) is 17.9. The minimum absolute atomic E-state index is 0.000250. The molecule has 1 atom stereocenters. The Balaban J connectivity index is 2.01. The molecule has 25 heavy (non-hydrogen) atoms. The van der Waals surface area contributed by atoms with Crippen LogP contribution in [0, 0.1) is 0 Å². The summed E-state index contributed by atoms with van der Waals surface area (Å²) >= 11 is 4.23. The Morgan fingerprint density at radius 2 is 1.96 bits per heavy atom. The summed E-state index contributed by atoms with van der Waals surface area (Å²) < 4.78 is 5.99. The molecule has 2 rings (SSSR count). The summed E-state index contributed by atoms with van der Waals surface area (Å²) in [6.07, 6.45) is 4.12. The first kappa shape index (κ1) is 19.6. The molecular formula is C20H29N3OS. The van der Waals surface area contributed by atoms with E-state index in [1.165, 1.54) is 5.56 Å². The van der Waals surface area contributed by atoms with Gasteiger partial charge in [-0.25, -0.2) is 4.98 Å². The van der Waals surface area contributed by atoms with E-state index in [0.717, 1.165) is 37.1 Å². The van der Waals surface area contributed by atoms with Crippen molar-refractivity contribution in [2.45, 2.75) is 38.6 Å². The molecule has 0 saturated heterocycles. The number of nitrogens with one attached hydrogen (secondary N) is 1. The summed E-state index contributed by atoms with van der Waals surface area (Å²) in [4.78, 5) is 4.70. The summed E-state index contributed by atoms with van der Waals surface area (Å²) in [5, 5.41) is 3.33. The van der Waals surface area contributed by atoms with Crippen LogP contribution in [0.25, 0.3) is 0 Å². The van der Waals surface area contributed by atoms with E-state index in [1.807, 2.05) is 24.3 Å². The number of thiol groups is 1. The molecule has 1 unspecified atom stereocenters. The first-order valence-corrected chi connectivity index (χ1v) is 9.63. The van der Waals surface area contributed by atoms with Crippen LogP contribution in [0.15, 0.2) is 42.5 Å². The molecule has 0 saturated carbocycles. The van der Waals surface area contributed by atoms with E-state index < -0.39 is 0 Å². The van der Waals surface area contributed by atoms with E-state index in [9.17, 15) is 0 Å². The van der Waals surface area contributed by atoms with Crippen LogP contribution in [0.3, 0.4) is 0 Å². The molecule has 3 N–H and O–H groups in total. The number of pyridine rings is 1. The van der Waals surface area contributed by atoms with Crippen molar-refractivity contribution >= 4 is 18.3 Å². The van der Waals surface area contributed by atoms with Gasteiger partial charge in [0.25, 0.3) is 0 Å². The summed E-state index contributed by atoms with van der Waals surface area (Å²) in [6.45, 7) is 3.43. The second-order valence-electron chi connectivity index (χ2n) is 6.17. The van der Waals surface area contributed by atoms with Gasteiger partial charge in [0, 0.05) is 30.5 Å². The van der Waals surface area contributed by atoms with Gasteiger partial charge in [-0.1, -0.05) is 43.7 Å². The lowest BCUT2D eigenvalue weighted by Crippen LogP contribution is -2.30. The average Bonchev–Trinajstić information content (AvgIpc) is 2.66. The largest absolute Gasteiger partial charge is 0.476 e. The number of hydrogen-bond acceptors (Lipinski definition) is 5. The number of aromatic nitrogens is 1. The van der Waals surface area contributed by atoms with Crippen LogP contribution < -0.4 is 15.8 Å². The third kappa shape index (κ3) is 6.96. The van der Waals surface area contributed by atoms with E-state index in [2.05, 4.69) is 43.1 Å². The molecular weight excluding hydrogens is 330 g/mol. The molecule has 0 aliphatic carbocycles. The van der Waals surface area contributed by atoms with Crippen molar-refractivity contribution in [3.05, 3.63) is 53.7 Å². The maximum atomic E-state index is 5.99. The van der Waals surface area contributed by atoms with Gasteiger partial charge in [-0.2, -0.15) is 12.6 Å². The lowest BCUT2D eigenvalue weighted by atomic mass is 10.2. The standard InChI is InChI=1S/C20H29N3OS/c1-2-3-9-18-10-11-19(22-14-17(21)15-25)20(23-18)24-13-12-16-7-5-4-6-8-16/h4-8,10-11,17,22,25H,2-3,9,12-15,21H2,1H3. The number of ether oxygens (including phenoxy) is 1. The molecule has 1 aromatic heterocycles. The van der Waals surface area contributed by atoms with E-state index in [4.69, 9.17) is 15.5 Å². The summed E-state index contributed by atoms with van der Waals surface area (Å²) in [5.74, 6) is 1.30. The highest BCUT2D eigenvalue weighted by atomic mass is 32.1. The van der Waals surface area contributed by atoms with Crippen LogP contribution in [0.1, 0.15) is 31.0 Å². The molecule has 5 heteroatoms. The molecule has 0 aliphatic heterocycles. The van der Waals surface area contributed by atoms with Crippen LogP contribution in [-0.4, -0.2) is 29.9 Å². The van der Waals surface area contributed by atoms with Crippen molar-refractivity contribution in [1.29, 1.82) is 0 Å². The molecule has 4 nitrogen and oxygen atoms in total. The molecule has 0 spiro atoms. The highest BCUT2D eigenvalue weighted by Gasteiger charge is 2.09. The van der Waals surface area contributed by atoms with E-state index in [-0.39, 0.29) is 6.04 Å². The second kappa shape index (κ2) is 11.0. The smallest absolute Gasteiger partial charge is 0.237 e. The van der Waals surface area contributed by atoms with Crippen LogP contribution >= 0.6 is 12.6 Å². The predicted molar refractivity (Wildman–Crippen MR) is 109 cm³/mol. The van der Waals surface area contributed by atoms with E-state index in [0.29, 0.717) is 24.8 Å². The van der Waals surface area contributed by atoms with Gasteiger partial charge in [-0.05, 0) is 30.5 Å². The Labute approximate surface area is 156 Å². The lowest BCUT2D eigenvalue weighted by molar-refractivity contribution is 0.310. The van der Waals surface area contributed by atoms with Crippen molar-refractivity contribution in [2.75, 3.05) is 24.2 Å². The predicted octanol–water partition coefficient (Wildman–Crippen LogP) is 3.71. The van der Waals surface area contributed by atoms with Crippen LogP contribution in [0.2, 0.25) is 0 Å². The molecule has 1 aromatic carbocycles. The minimum atomic E-state index is 0.000250. The zero-order valence-corrected chi connectivity index (χ0v) is 15.8. The molecule has 0 aliphatic rings. The van der Waals surface area contributed by atoms with Gasteiger partial charge in [0.2, 0.25) is 5.88 Å². The number of anilines is 1. The van der Waals surface area contributed by atoms with Gasteiger partial charge in [-0.15, -0.1) is 0 Å². The lowest BCUT2D eigenvalue weighted by Gasteiger charge is -2.16. The highest BCUT2D eigenvalue weighted by Crippen LogP contribution is 2.23. The van der Waals surface area contributed by atoms with Crippen molar-refractivity contribution in [3.63, 3.8) is 0 Å². The number of aryl methyl sites for hydroxylation is 1. The molecule has 1 heterocycles. The van der Waals surface area contributed by atoms with Crippen LogP contribution in [0.4, 0.5) is 5.69 Å². The van der Waals surface area contributed by atoms with Crippen LogP contribution in [0.5, 0.6) is 5.88 Å². The van der Waals surface area contributed by atoms with E-state index in [1.54, 1.807) is 0 Å². The third-order valence-electron chi connectivity index (χ3n) is 3.97. The SMILES string of the molecule is CCCCc1ccc(NCC(N)CS)c(OCCc2ccccc2)n1.